The van der Waals surface area contributed by atoms with Gasteiger partial charge in [-0.2, -0.15) is 0 Å². The van der Waals surface area contributed by atoms with E-state index in [4.69, 9.17) is 23.2 Å². The maximum absolute atomic E-state index is 13.8. The van der Waals surface area contributed by atoms with Crippen molar-refractivity contribution in [3.63, 3.8) is 0 Å². The van der Waals surface area contributed by atoms with Crippen molar-refractivity contribution < 1.29 is 9.18 Å². The Morgan fingerprint density at radius 2 is 1.90 bits per heavy atom. The number of halogens is 3. The van der Waals surface area contributed by atoms with Crippen LogP contribution in [0.15, 0.2) is 59.5 Å². The molecule has 150 valence electrons. The summed E-state index contributed by atoms with van der Waals surface area (Å²) in [5.41, 5.74) is 1.19. The van der Waals surface area contributed by atoms with Gasteiger partial charge in [-0.15, -0.1) is 0 Å². The summed E-state index contributed by atoms with van der Waals surface area (Å²) in [7, 11) is 0. The van der Waals surface area contributed by atoms with Gasteiger partial charge in [0.25, 0.3) is 11.5 Å². The zero-order chi connectivity index (χ0) is 21.0. The van der Waals surface area contributed by atoms with Crippen LogP contribution in [0.3, 0.4) is 0 Å². The van der Waals surface area contributed by atoms with E-state index >= 15 is 0 Å². The molecular weight excluding hydrogens is 416 g/mol. The molecule has 0 aliphatic heterocycles. The standard InChI is InChI=1S/C21H18Cl2FN3O2/c1-12(18-16(22)7-8-17(24)19(18)23)27-14-9-15(21(29)26-11-14)20(28)25-10-13-5-3-2-4-6-13/h2-9,11-12,27H,10H2,1H3,(H,25,28)(H,26,29)/t12-/m1/s1. The number of nitrogens with one attached hydrogen (secondary N) is 3. The number of amides is 1. The number of H-pyrrole nitrogens is 1. The smallest absolute Gasteiger partial charge is 0.260 e. The van der Waals surface area contributed by atoms with Crippen LogP contribution in [0.4, 0.5) is 10.1 Å². The maximum Gasteiger partial charge on any atom is 0.260 e. The summed E-state index contributed by atoms with van der Waals surface area (Å²) in [5, 5.41) is 6.02. The van der Waals surface area contributed by atoms with E-state index < -0.39 is 23.3 Å². The number of pyridine rings is 1. The largest absolute Gasteiger partial charge is 0.377 e. The molecule has 29 heavy (non-hydrogen) atoms. The number of anilines is 1. The number of hydrogen-bond donors (Lipinski definition) is 3. The number of aromatic nitrogens is 1. The van der Waals surface area contributed by atoms with Gasteiger partial charge in [0, 0.05) is 23.3 Å². The van der Waals surface area contributed by atoms with Gasteiger partial charge in [-0.05, 0) is 30.7 Å². The van der Waals surface area contributed by atoms with Crippen molar-refractivity contribution in [2.24, 2.45) is 0 Å². The first kappa shape index (κ1) is 20.9. The topological polar surface area (TPSA) is 74.0 Å². The molecule has 1 amide bonds. The van der Waals surface area contributed by atoms with E-state index in [9.17, 15) is 14.0 Å². The summed E-state index contributed by atoms with van der Waals surface area (Å²) < 4.78 is 13.8. The number of hydrogen-bond acceptors (Lipinski definition) is 3. The Hall–Kier alpha value is -2.83. The molecule has 1 aromatic heterocycles. The highest BCUT2D eigenvalue weighted by molar-refractivity contribution is 6.36. The first-order valence-electron chi connectivity index (χ1n) is 8.81. The van der Waals surface area contributed by atoms with Crippen LogP contribution in [-0.4, -0.2) is 10.9 Å². The molecule has 0 spiro atoms. The lowest BCUT2D eigenvalue weighted by Crippen LogP contribution is -2.29. The molecule has 3 rings (SSSR count). The molecule has 0 bridgehead atoms. The summed E-state index contributed by atoms with van der Waals surface area (Å²) in [6.45, 7) is 2.04. The normalized spacial score (nSPS) is 11.7. The monoisotopic (exact) mass is 433 g/mol. The van der Waals surface area contributed by atoms with Crippen LogP contribution in [-0.2, 0) is 6.54 Å². The predicted octanol–water partition coefficient (Wildman–Crippen LogP) is 4.92. The highest BCUT2D eigenvalue weighted by atomic mass is 35.5. The van der Waals surface area contributed by atoms with Crippen molar-refractivity contribution >= 4 is 34.8 Å². The van der Waals surface area contributed by atoms with E-state index in [1.54, 1.807) is 6.92 Å². The van der Waals surface area contributed by atoms with Gasteiger partial charge in [0.1, 0.15) is 11.4 Å². The third-order valence-electron chi connectivity index (χ3n) is 4.34. The van der Waals surface area contributed by atoms with E-state index in [1.165, 1.54) is 24.4 Å². The van der Waals surface area contributed by atoms with E-state index in [0.717, 1.165) is 5.56 Å². The van der Waals surface area contributed by atoms with Gasteiger partial charge >= 0.3 is 0 Å². The zero-order valence-corrected chi connectivity index (χ0v) is 16.9. The van der Waals surface area contributed by atoms with Gasteiger partial charge in [0.15, 0.2) is 0 Å². The molecule has 3 aromatic rings. The van der Waals surface area contributed by atoms with Gasteiger partial charge in [-0.1, -0.05) is 53.5 Å². The van der Waals surface area contributed by atoms with Crippen LogP contribution in [0.25, 0.3) is 0 Å². The lowest BCUT2D eigenvalue weighted by atomic mass is 10.1. The average Bonchev–Trinajstić information content (AvgIpc) is 2.71. The molecule has 0 aliphatic carbocycles. The highest BCUT2D eigenvalue weighted by Crippen LogP contribution is 2.33. The molecule has 0 saturated heterocycles. The minimum absolute atomic E-state index is 0.0467. The number of rotatable bonds is 6. The summed E-state index contributed by atoms with van der Waals surface area (Å²) in [4.78, 5) is 27.1. The molecule has 8 heteroatoms. The number of carbonyl (C=O) groups is 1. The fourth-order valence-electron chi connectivity index (χ4n) is 2.87. The first-order chi connectivity index (χ1) is 13.9. The highest BCUT2D eigenvalue weighted by Gasteiger charge is 2.18. The minimum Gasteiger partial charge on any atom is -0.377 e. The van der Waals surface area contributed by atoms with Gasteiger partial charge < -0.3 is 15.6 Å². The maximum atomic E-state index is 13.8. The zero-order valence-electron chi connectivity index (χ0n) is 15.4. The van der Waals surface area contributed by atoms with E-state index in [-0.39, 0.29) is 10.6 Å². The summed E-state index contributed by atoms with van der Waals surface area (Å²) in [6.07, 6.45) is 1.42. The molecule has 2 aromatic carbocycles. The molecule has 5 nitrogen and oxygen atoms in total. The Bertz CT molecular complexity index is 1090. The minimum atomic E-state index is -0.581. The van der Waals surface area contributed by atoms with Crippen molar-refractivity contribution in [2.45, 2.75) is 19.5 Å². The van der Waals surface area contributed by atoms with Crippen LogP contribution >= 0.6 is 23.2 Å². The average molecular weight is 434 g/mol. The lowest BCUT2D eigenvalue weighted by molar-refractivity contribution is 0.0949. The summed E-state index contributed by atoms with van der Waals surface area (Å²) >= 11 is 12.2. The molecule has 0 fully saturated rings. The fraction of sp³-hybridized carbons (Fsp3) is 0.143. The van der Waals surface area contributed by atoms with Crippen molar-refractivity contribution in [2.75, 3.05) is 5.32 Å². The molecule has 1 heterocycles. The third kappa shape index (κ3) is 4.96. The first-order valence-corrected chi connectivity index (χ1v) is 9.57. The molecule has 1 atom stereocenters. The van der Waals surface area contributed by atoms with E-state index in [1.807, 2.05) is 30.3 Å². The van der Waals surface area contributed by atoms with Crippen molar-refractivity contribution in [3.8, 4) is 0 Å². The molecule has 0 unspecified atom stereocenters. The van der Waals surface area contributed by atoms with Crippen LogP contribution < -0.4 is 16.2 Å². The van der Waals surface area contributed by atoms with Crippen LogP contribution in [0.1, 0.15) is 34.5 Å². The summed E-state index contributed by atoms with van der Waals surface area (Å²) in [6, 6.07) is 12.9. The van der Waals surface area contributed by atoms with Crippen molar-refractivity contribution in [1.82, 2.24) is 10.3 Å². The SMILES string of the molecule is C[C@@H](Nc1c[nH]c(=O)c(C(=O)NCc2ccccc2)c1)c1c(Cl)ccc(F)c1Cl. The summed E-state index contributed by atoms with van der Waals surface area (Å²) in [5.74, 6) is -1.09. The molecule has 0 radical (unpaired) electrons. The van der Waals surface area contributed by atoms with Crippen LogP contribution in [0, 0.1) is 5.82 Å². The van der Waals surface area contributed by atoms with E-state index in [2.05, 4.69) is 15.6 Å². The van der Waals surface area contributed by atoms with Gasteiger partial charge in [-0.3, -0.25) is 9.59 Å². The second-order valence-corrected chi connectivity index (χ2v) is 7.21. The second kappa shape index (κ2) is 9.11. The molecule has 0 aliphatic rings. The number of benzene rings is 2. The Morgan fingerprint density at radius 3 is 2.62 bits per heavy atom. The van der Waals surface area contributed by atoms with Gasteiger partial charge in [-0.25, -0.2) is 4.39 Å². The number of carbonyl (C=O) groups excluding carboxylic acids is 1. The quantitative estimate of drug-likeness (QED) is 0.482. The van der Waals surface area contributed by atoms with Crippen molar-refractivity contribution in [3.05, 3.63) is 97.6 Å². The van der Waals surface area contributed by atoms with Crippen LogP contribution in [0.2, 0.25) is 10.0 Å². The molecule has 0 saturated carbocycles. The Labute approximate surface area is 176 Å². The van der Waals surface area contributed by atoms with Gasteiger partial charge in [0.05, 0.1) is 16.8 Å². The van der Waals surface area contributed by atoms with Crippen molar-refractivity contribution in [1.29, 1.82) is 0 Å². The lowest BCUT2D eigenvalue weighted by Gasteiger charge is -2.19. The Balaban J connectivity index is 1.77. The predicted molar refractivity (Wildman–Crippen MR) is 113 cm³/mol. The molecular formula is C21H18Cl2FN3O2. The second-order valence-electron chi connectivity index (χ2n) is 6.42. The number of aromatic amines is 1. The third-order valence-corrected chi connectivity index (χ3v) is 5.05. The Kier molecular flexibility index (Phi) is 6.56. The van der Waals surface area contributed by atoms with Crippen LogP contribution in [0.5, 0.6) is 0 Å². The Morgan fingerprint density at radius 1 is 1.17 bits per heavy atom. The molecule has 3 N–H and O–H groups in total. The van der Waals surface area contributed by atoms with Gasteiger partial charge in [0.2, 0.25) is 0 Å². The van der Waals surface area contributed by atoms with E-state index in [0.29, 0.717) is 22.8 Å². The fourth-order valence-corrected chi connectivity index (χ4v) is 3.57.